The lowest BCUT2D eigenvalue weighted by Gasteiger charge is -2.42. The van der Waals surface area contributed by atoms with Crippen LogP contribution >= 0.6 is 0 Å². The minimum absolute atomic E-state index is 0.444. The fraction of sp³-hybridized carbons (Fsp3) is 0.722. The van der Waals surface area contributed by atoms with E-state index < -0.39 is 0 Å². The molecule has 118 valence electrons. The average molecular weight is 289 g/mol. The number of nitrogens with zero attached hydrogens (tertiary/aromatic N) is 2. The Hall–Kier alpha value is -0.930. The lowest BCUT2D eigenvalue weighted by Crippen LogP contribution is -2.44. The van der Waals surface area contributed by atoms with E-state index in [0.29, 0.717) is 5.41 Å². The number of pyridine rings is 1. The molecule has 0 atom stereocenters. The fourth-order valence-electron chi connectivity index (χ4n) is 3.73. The zero-order chi connectivity index (χ0) is 15.3. The molecular formula is C18H31N3. The summed E-state index contributed by atoms with van der Waals surface area (Å²) < 4.78 is 0. The van der Waals surface area contributed by atoms with Gasteiger partial charge in [-0.3, -0.25) is 9.88 Å². The first kappa shape index (κ1) is 16.4. The van der Waals surface area contributed by atoms with Crippen molar-refractivity contribution in [2.45, 2.75) is 46.1 Å². The van der Waals surface area contributed by atoms with Crippen molar-refractivity contribution in [1.29, 1.82) is 0 Å². The van der Waals surface area contributed by atoms with Crippen LogP contribution in [0.4, 0.5) is 0 Å². The van der Waals surface area contributed by atoms with Crippen molar-refractivity contribution in [2.24, 2.45) is 11.3 Å². The standard InChI is InChI=1S/C18H31N3/c1-15-8-10-18(11-9-15,13-19-3)14-21(4)12-17-7-5-6-16(2)20-17/h5-7,15,19H,8-14H2,1-4H3. The summed E-state index contributed by atoms with van der Waals surface area (Å²) in [6.07, 6.45) is 5.44. The van der Waals surface area contributed by atoms with Gasteiger partial charge in [-0.1, -0.05) is 25.8 Å². The predicted octanol–water partition coefficient (Wildman–Crippen LogP) is 3.24. The highest BCUT2D eigenvalue weighted by atomic mass is 15.1. The molecule has 1 N–H and O–H groups in total. The topological polar surface area (TPSA) is 28.2 Å². The van der Waals surface area contributed by atoms with Crippen LogP contribution in [-0.2, 0) is 6.54 Å². The van der Waals surface area contributed by atoms with Crippen LogP contribution < -0.4 is 5.32 Å². The Morgan fingerprint density at radius 3 is 2.67 bits per heavy atom. The monoisotopic (exact) mass is 289 g/mol. The second-order valence-electron chi connectivity index (χ2n) is 7.16. The van der Waals surface area contributed by atoms with Crippen molar-refractivity contribution in [1.82, 2.24) is 15.2 Å². The third-order valence-corrected chi connectivity index (χ3v) is 4.87. The normalized spacial score (nSPS) is 26.2. The zero-order valence-corrected chi connectivity index (χ0v) is 14.2. The van der Waals surface area contributed by atoms with Gasteiger partial charge in [0, 0.05) is 25.3 Å². The van der Waals surface area contributed by atoms with Gasteiger partial charge in [0.15, 0.2) is 0 Å². The third-order valence-electron chi connectivity index (χ3n) is 4.87. The fourth-order valence-corrected chi connectivity index (χ4v) is 3.73. The maximum atomic E-state index is 4.63. The first-order valence-corrected chi connectivity index (χ1v) is 8.29. The zero-order valence-electron chi connectivity index (χ0n) is 14.2. The molecule has 3 heteroatoms. The molecule has 0 aliphatic heterocycles. The first-order valence-electron chi connectivity index (χ1n) is 8.29. The van der Waals surface area contributed by atoms with Crippen LogP contribution in [0.2, 0.25) is 0 Å². The van der Waals surface area contributed by atoms with E-state index in [0.717, 1.165) is 31.2 Å². The number of hydrogen-bond donors (Lipinski definition) is 1. The van der Waals surface area contributed by atoms with Crippen LogP contribution in [0.1, 0.15) is 44.0 Å². The van der Waals surface area contributed by atoms with Crippen LogP contribution in [0.15, 0.2) is 18.2 Å². The van der Waals surface area contributed by atoms with Gasteiger partial charge in [0.05, 0.1) is 5.69 Å². The number of hydrogen-bond acceptors (Lipinski definition) is 3. The van der Waals surface area contributed by atoms with Gasteiger partial charge in [0.1, 0.15) is 0 Å². The van der Waals surface area contributed by atoms with Crippen molar-refractivity contribution >= 4 is 0 Å². The van der Waals surface area contributed by atoms with E-state index in [1.165, 1.54) is 31.4 Å². The van der Waals surface area contributed by atoms with Crippen LogP contribution in [0.25, 0.3) is 0 Å². The van der Waals surface area contributed by atoms with Crippen molar-refractivity contribution < 1.29 is 0 Å². The Morgan fingerprint density at radius 1 is 1.33 bits per heavy atom. The SMILES string of the molecule is CNCC1(CN(C)Cc2cccc(C)n2)CCC(C)CC1. The highest BCUT2D eigenvalue weighted by Gasteiger charge is 2.34. The summed E-state index contributed by atoms with van der Waals surface area (Å²) in [7, 11) is 4.32. The van der Waals surface area contributed by atoms with Crippen LogP contribution in [0, 0.1) is 18.3 Å². The summed E-state index contributed by atoms with van der Waals surface area (Å²) in [4.78, 5) is 7.08. The predicted molar refractivity (Wildman–Crippen MR) is 89.3 cm³/mol. The molecular weight excluding hydrogens is 258 g/mol. The van der Waals surface area contributed by atoms with Crippen molar-refractivity contribution in [2.75, 3.05) is 27.2 Å². The van der Waals surface area contributed by atoms with Crippen LogP contribution in [0.3, 0.4) is 0 Å². The van der Waals surface area contributed by atoms with Gasteiger partial charge in [0.2, 0.25) is 0 Å². The highest BCUT2D eigenvalue weighted by Crippen LogP contribution is 2.39. The summed E-state index contributed by atoms with van der Waals surface area (Å²) in [6, 6.07) is 6.31. The average Bonchev–Trinajstić information content (AvgIpc) is 2.42. The quantitative estimate of drug-likeness (QED) is 0.871. The lowest BCUT2D eigenvalue weighted by atomic mass is 9.70. The molecule has 0 spiro atoms. The van der Waals surface area contributed by atoms with Gasteiger partial charge in [-0.2, -0.15) is 0 Å². The van der Waals surface area contributed by atoms with Crippen molar-refractivity contribution in [3.05, 3.63) is 29.6 Å². The molecule has 0 saturated heterocycles. The van der Waals surface area contributed by atoms with E-state index in [2.05, 4.69) is 61.3 Å². The van der Waals surface area contributed by atoms with E-state index in [4.69, 9.17) is 0 Å². The Kier molecular flexibility index (Phi) is 5.77. The van der Waals surface area contributed by atoms with Gasteiger partial charge in [-0.05, 0) is 57.3 Å². The maximum absolute atomic E-state index is 4.63. The van der Waals surface area contributed by atoms with E-state index in [1.54, 1.807) is 0 Å². The summed E-state index contributed by atoms with van der Waals surface area (Å²) in [6.45, 7) is 7.70. The van der Waals surface area contributed by atoms with E-state index >= 15 is 0 Å². The molecule has 21 heavy (non-hydrogen) atoms. The summed E-state index contributed by atoms with van der Waals surface area (Å²) in [5.74, 6) is 0.902. The number of rotatable bonds is 6. The minimum Gasteiger partial charge on any atom is -0.319 e. The van der Waals surface area contributed by atoms with Crippen LogP contribution in [-0.4, -0.2) is 37.1 Å². The lowest BCUT2D eigenvalue weighted by molar-refractivity contribution is 0.0973. The first-order chi connectivity index (χ1) is 10.0. The Bertz CT molecular complexity index is 436. The third kappa shape index (κ3) is 4.79. The highest BCUT2D eigenvalue weighted by molar-refractivity contribution is 5.09. The largest absolute Gasteiger partial charge is 0.319 e. The number of aryl methyl sites for hydroxylation is 1. The second-order valence-corrected chi connectivity index (χ2v) is 7.16. The molecule has 0 amide bonds. The maximum Gasteiger partial charge on any atom is 0.0547 e. The van der Waals surface area contributed by atoms with Crippen molar-refractivity contribution in [3.63, 3.8) is 0 Å². The molecule has 3 nitrogen and oxygen atoms in total. The smallest absolute Gasteiger partial charge is 0.0547 e. The molecule has 1 aliphatic carbocycles. The Morgan fingerprint density at radius 2 is 2.05 bits per heavy atom. The summed E-state index contributed by atoms with van der Waals surface area (Å²) in [5, 5.41) is 3.43. The van der Waals surface area contributed by atoms with Crippen LogP contribution in [0.5, 0.6) is 0 Å². The van der Waals surface area contributed by atoms with Gasteiger partial charge in [-0.25, -0.2) is 0 Å². The van der Waals surface area contributed by atoms with Gasteiger partial charge in [0.25, 0.3) is 0 Å². The molecule has 0 bridgehead atoms. The van der Waals surface area contributed by atoms with E-state index in [9.17, 15) is 0 Å². The Labute approximate surface area is 130 Å². The molecule has 1 aromatic rings. The molecule has 1 aliphatic rings. The van der Waals surface area contributed by atoms with Gasteiger partial charge in [-0.15, -0.1) is 0 Å². The molecule has 1 fully saturated rings. The molecule has 0 unspecified atom stereocenters. The summed E-state index contributed by atoms with van der Waals surface area (Å²) >= 11 is 0. The molecule has 2 rings (SSSR count). The van der Waals surface area contributed by atoms with Crippen molar-refractivity contribution in [3.8, 4) is 0 Å². The molecule has 0 radical (unpaired) electrons. The van der Waals surface area contributed by atoms with E-state index in [-0.39, 0.29) is 0 Å². The minimum atomic E-state index is 0.444. The molecule has 1 saturated carbocycles. The number of nitrogens with one attached hydrogen (secondary N) is 1. The molecule has 1 heterocycles. The molecule has 0 aromatic carbocycles. The second kappa shape index (κ2) is 7.37. The number of aromatic nitrogens is 1. The molecule has 1 aromatic heterocycles. The Balaban J connectivity index is 1.96. The van der Waals surface area contributed by atoms with Gasteiger partial charge < -0.3 is 5.32 Å². The summed E-state index contributed by atoms with van der Waals surface area (Å²) in [5.41, 5.74) is 2.73. The van der Waals surface area contributed by atoms with Gasteiger partial charge >= 0.3 is 0 Å². The van der Waals surface area contributed by atoms with E-state index in [1.807, 2.05) is 0 Å².